The first-order valence-corrected chi connectivity index (χ1v) is 6.09. The zero-order valence-electron chi connectivity index (χ0n) is 9.63. The van der Waals surface area contributed by atoms with Crippen molar-refractivity contribution in [2.75, 3.05) is 12.5 Å². The van der Waals surface area contributed by atoms with E-state index in [-0.39, 0.29) is 18.6 Å². The molecule has 0 rings (SSSR count). The van der Waals surface area contributed by atoms with Gasteiger partial charge in [-0.05, 0) is 25.2 Å². The van der Waals surface area contributed by atoms with Gasteiger partial charge in [0.1, 0.15) is 0 Å². The molecule has 0 aliphatic heterocycles. The zero-order valence-corrected chi connectivity index (χ0v) is 10.4. The van der Waals surface area contributed by atoms with Crippen LogP contribution in [0.15, 0.2) is 0 Å². The lowest BCUT2D eigenvalue weighted by Crippen LogP contribution is -2.38. The molecule has 0 saturated heterocycles. The Balaban J connectivity index is 3.70. The van der Waals surface area contributed by atoms with Gasteiger partial charge in [-0.1, -0.05) is 13.8 Å². The van der Waals surface area contributed by atoms with Gasteiger partial charge in [0, 0.05) is 12.3 Å². The molecule has 2 N–H and O–H groups in total. The summed E-state index contributed by atoms with van der Waals surface area (Å²) in [5.41, 5.74) is 0. The van der Waals surface area contributed by atoms with Gasteiger partial charge < -0.3 is 10.4 Å². The van der Waals surface area contributed by atoms with Crippen molar-refractivity contribution in [1.82, 2.24) is 5.32 Å². The van der Waals surface area contributed by atoms with Gasteiger partial charge in [0.25, 0.3) is 0 Å². The SMILES string of the molecule is CC(C)CC(CO)NC(=O)CCCCCl. The second-order valence-electron chi connectivity index (χ2n) is 4.22. The van der Waals surface area contributed by atoms with Crippen LogP contribution in [0.3, 0.4) is 0 Å². The number of unbranched alkanes of at least 4 members (excludes halogenated alkanes) is 1. The molecule has 3 nitrogen and oxygen atoms in total. The summed E-state index contributed by atoms with van der Waals surface area (Å²) in [7, 11) is 0. The summed E-state index contributed by atoms with van der Waals surface area (Å²) in [6, 6.07) is -0.103. The fourth-order valence-corrected chi connectivity index (χ4v) is 1.62. The predicted octanol–water partition coefficient (Wildman–Crippen LogP) is 1.92. The van der Waals surface area contributed by atoms with Crippen molar-refractivity contribution in [2.45, 2.75) is 45.6 Å². The van der Waals surface area contributed by atoms with Gasteiger partial charge in [0.2, 0.25) is 5.91 Å². The van der Waals surface area contributed by atoms with Gasteiger partial charge in [-0.15, -0.1) is 11.6 Å². The third kappa shape index (κ3) is 8.70. The molecular formula is C11H22ClNO2. The lowest BCUT2D eigenvalue weighted by Gasteiger charge is -2.18. The van der Waals surface area contributed by atoms with Crippen molar-refractivity contribution >= 4 is 17.5 Å². The summed E-state index contributed by atoms with van der Waals surface area (Å²) in [5.74, 6) is 1.09. The van der Waals surface area contributed by atoms with E-state index in [0.29, 0.717) is 18.2 Å². The van der Waals surface area contributed by atoms with Gasteiger partial charge in [0.05, 0.1) is 12.6 Å². The van der Waals surface area contributed by atoms with Crippen molar-refractivity contribution < 1.29 is 9.90 Å². The standard InChI is InChI=1S/C11H22ClNO2/c1-9(2)7-10(8-14)13-11(15)5-3-4-6-12/h9-10,14H,3-8H2,1-2H3,(H,13,15). The molecule has 0 saturated carbocycles. The van der Waals surface area contributed by atoms with E-state index < -0.39 is 0 Å². The Morgan fingerprint density at radius 2 is 2.07 bits per heavy atom. The Hall–Kier alpha value is -0.280. The monoisotopic (exact) mass is 235 g/mol. The minimum Gasteiger partial charge on any atom is -0.394 e. The molecular weight excluding hydrogens is 214 g/mol. The molecule has 0 spiro atoms. The van der Waals surface area contributed by atoms with Crippen molar-refractivity contribution in [2.24, 2.45) is 5.92 Å². The first-order valence-electron chi connectivity index (χ1n) is 5.56. The lowest BCUT2D eigenvalue weighted by atomic mass is 10.0. The van der Waals surface area contributed by atoms with Gasteiger partial charge in [-0.25, -0.2) is 0 Å². The van der Waals surface area contributed by atoms with E-state index in [1.807, 2.05) is 0 Å². The predicted molar refractivity (Wildman–Crippen MR) is 63.0 cm³/mol. The zero-order chi connectivity index (χ0) is 11.7. The number of aliphatic hydroxyl groups is 1. The summed E-state index contributed by atoms with van der Waals surface area (Å²) in [4.78, 5) is 11.4. The molecule has 0 heterocycles. The number of carbonyl (C=O) groups excluding carboxylic acids is 1. The van der Waals surface area contributed by atoms with Crippen molar-refractivity contribution in [3.05, 3.63) is 0 Å². The van der Waals surface area contributed by atoms with Crippen LogP contribution in [-0.4, -0.2) is 29.5 Å². The highest BCUT2D eigenvalue weighted by Gasteiger charge is 2.12. The van der Waals surface area contributed by atoms with Crippen LogP contribution in [0.2, 0.25) is 0 Å². The third-order valence-corrected chi connectivity index (χ3v) is 2.40. The van der Waals surface area contributed by atoms with E-state index in [2.05, 4.69) is 19.2 Å². The van der Waals surface area contributed by atoms with E-state index in [1.54, 1.807) is 0 Å². The molecule has 0 aromatic rings. The molecule has 0 aliphatic carbocycles. The number of rotatable bonds is 8. The lowest BCUT2D eigenvalue weighted by molar-refractivity contribution is -0.122. The van der Waals surface area contributed by atoms with E-state index in [1.165, 1.54) is 0 Å². The highest BCUT2D eigenvalue weighted by molar-refractivity contribution is 6.17. The molecule has 0 bridgehead atoms. The molecule has 15 heavy (non-hydrogen) atoms. The number of halogens is 1. The molecule has 1 atom stereocenters. The van der Waals surface area contributed by atoms with Crippen LogP contribution in [-0.2, 0) is 4.79 Å². The Labute approximate surface area is 97.2 Å². The molecule has 0 aromatic carbocycles. The van der Waals surface area contributed by atoms with Gasteiger partial charge in [-0.3, -0.25) is 4.79 Å². The normalized spacial score (nSPS) is 12.9. The van der Waals surface area contributed by atoms with E-state index >= 15 is 0 Å². The van der Waals surface area contributed by atoms with Crippen LogP contribution in [0, 0.1) is 5.92 Å². The number of amides is 1. The van der Waals surface area contributed by atoms with Gasteiger partial charge >= 0.3 is 0 Å². The maximum atomic E-state index is 11.4. The molecule has 0 aliphatic rings. The average Bonchev–Trinajstić information content (AvgIpc) is 2.16. The number of nitrogens with one attached hydrogen (secondary N) is 1. The number of alkyl halides is 1. The molecule has 4 heteroatoms. The first kappa shape index (κ1) is 14.7. The van der Waals surface area contributed by atoms with E-state index in [9.17, 15) is 4.79 Å². The Morgan fingerprint density at radius 1 is 1.40 bits per heavy atom. The number of carbonyl (C=O) groups is 1. The Bertz CT molecular complexity index is 174. The third-order valence-electron chi connectivity index (χ3n) is 2.13. The Morgan fingerprint density at radius 3 is 2.53 bits per heavy atom. The number of hydrogen-bond acceptors (Lipinski definition) is 2. The highest BCUT2D eigenvalue weighted by atomic mass is 35.5. The smallest absolute Gasteiger partial charge is 0.220 e. The highest BCUT2D eigenvalue weighted by Crippen LogP contribution is 2.05. The Kier molecular flexibility index (Phi) is 8.82. The molecule has 1 amide bonds. The van der Waals surface area contributed by atoms with Crippen LogP contribution in [0.25, 0.3) is 0 Å². The van der Waals surface area contributed by atoms with Gasteiger partial charge in [0.15, 0.2) is 0 Å². The minimum atomic E-state index is -0.103. The van der Waals surface area contributed by atoms with E-state index in [4.69, 9.17) is 16.7 Å². The average molecular weight is 236 g/mol. The molecule has 1 unspecified atom stereocenters. The second-order valence-corrected chi connectivity index (χ2v) is 4.60. The minimum absolute atomic E-state index is 0.0133. The maximum Gasteiger partial charge on any atom is 0.220 e. The van der Waals surface area contributed by atoms with Crippen LogP contribution in [0.1, 0.15) is 39.5 Å². The van der Waals surface area contributed by atoms with Crippen molar-refractivity contribution in [3.8, 4) is 0 Å². The first-order chi connectivity index (χ1) is 7.10. The summed E-state index contributed by atoms with van der Waals surface area (Å²) >= 11 is 5.52. The van der Waals surface area contributed by atoms with Crippen molar-refractivity contribution in [3.63, 3.8) is 0 Å². The van der Waals surface area contributed by atoms with E-state index in [0.717, 1.165) is 19.3 Å². The fourth-order valence-electron chi connectivity index (χ4n) is 1.43. The summed E-state index contributed by atoms with van der Waals surface area (Å²) in [6.45, 7) is 4.16. The quantitative estimate of drug-likeness (QED) is 0.499. The fraction of sp³-hybridized carbons (Fsp3) is 0.909. The summed E-state index contributed by atoms with van der Waals surface area (Å²) in [6.07, 6.45) is 3.00. The summed E-state index contributed by atoms with van der Waals surface area (Å²) < 4.78 is 0. The summed E-state index contributed by atoms with van der Waals surface area (Å²) in [5, 5.41) is 11.9. The van der Waals surface area contributed by atoms with Crippen LogP contribution >= 0.6 is 11.6 Å². The maximum absolute atomic E-state index is 11.4. The van der Waals surface area contributed by atoms with Crippen LogP contribution in [0.4, 0.5) is 0 Å². The number of aliphatic hydroxyl groups excluding tert-OH is 1. The van der Waals surface area contributed by atoms with Crippen LogP contribution in [0.5, 0.6) is 0 Å². The topological polar surface area (TPSA) is 49.3 Å². The molecule has 0 radical (unpaired) electrons. The second kappa shape index (κ2) is 8.98. The largest absolute Gasteiger partial charge is 0.394 e. The van der Waals surface area contributed by atoms with Crippen LogP contribution < -0.4 is 5.32 Å². The van der Waals surface area contributed by atoms with Gasteiger partial charge in [-0.2, -0.15) is 0 Å². The molecule has 0 fully saturated rings. The molecule has 90 valence electrons. The molecule has 0 aromatic heterocycles. The van der Waals surface area contributed by atoms with Crippen molar-refractivity contribution in [1.29, 1.82) is 0 Å². The number of hydrogen-bond donors (Lipinski definition) is 2.